The number of carbonyl (C=O) groups excluding carboxylic acids is 1. The lowest BCUT2D eigenvalue weighted by atomic mass is 9.72. The van der Waals surface area contributed by atoms with Crippen LogP contribution in [0.2, 0.25) is 0 Å². The third kappa shape index (κ3) is 2.78. The number of hydrogen-bond acceptors (Lipinski definition) is 4. The highest BCUT2D eigenvalue weighted by atomic mass is 16.3. The van der Waals surface area contributed by atoms with Crippen molar-refractivity contribution in [1.82, 2.24) is 19.8 Å². The zero-order chi connectivity index (χ0) is 19.2. The molecule has 6 heteroatoms. The molecule has 1 spiro atoms. The number of rotatable bonds is 3. The normalized spacial score (nSPS) is 23.8. The Balaban J connectivity index is 1.59. The smallest absolute Gasteiger partial charge is 0.271 e. The summed E-state index contributed by atoms with van der Waals surface area (Å²) in [5, 5.41) is 11.4. The fourth-order valence-electron chi connectivity index (χ4n) is 4.89. The van der Waals surface area contributed by atoms with Gasteiger partial charge in [-0.3, -0.25) is 9.69 Å². The van der Waals surface area contributed by atoms with Crippen LogP contribution < -0.4 is 0 Å². The lowest BCUT2D eigenvalue weighted by molar-refractivity contribution is -0.00600. The molecule has 144 valence electrons. The summed E-state index contributed by atoms with van der Waals surface area (Å²) in [7, 11) is 2.07. The number of aliphatic hydroxyl groups excluding tert-OH is 1. The number of aliphatic hydroxyl groups is 1. The number of aromatic nitrogens is 2. The second-order valence-electron chi connectivity index (χ2n) is 7.88. The van der Waals surface area contributed by atoms with Crippen molar-refractivity contribution < 1.29 is 9.90 Å². The van der Waals surface area contributed by atoms with Crippen molar-refractivity contribution in [2.75, 3.05) is 26.7 Å². The Hall–Kier alpha value is -2.18. The average molecular weight is 368 g/mol. The molecule has 2 aliphatic rings. The minimum absolute atomic E-state index is 0.00607. The van der Waals surface area contributed by atoms with E-state index in [-0.39, 0.29) is 17.4 Å². The van der Waals surface area contributed by atoms with Gasteiger partial charge < -0.3 is 15.0 Å². The number of likely N-dealkylation sites (N-methyl/N-ethyl adjacent to an activating group) is 1. The third-order valence-electron chi connectivity index (χ3n) is 6.53. The van der Waals surface area contributed by atoms with Crippen LogP contribution in [0.4, 0.5) is 0 Å². The van der Waals surface area contributed by atoms with Crippen LogP contribution in [0.5, 0.6) is 0 Å². The summed E-state index contributed by atoms with van der Waals surface area (Å²) in [5.41, 5.74) is 2.76. The quantitative estimate of drug-likeness (QED) is 0.872. The summed E-state index contributed by atoms with van der Waals surface area (Å²) in [4.78, 5) is 24.0. The lowest BCUT2D eigenvalue weighted by Crippen LogP contribution is -2.50. The fraction of sp³-hybridized carbons (Fsp3) is 0.524. The molecule has 2 atom stereocenters. The summed E-state index contributed by atoms with van der Waals surface area (Å²) >= 11 is 0. The molecule has 2 aromatic rings. The van der Waals surface area contributed by atoms with Gasteiger partial charge in [-0.25, -0.2) is 4.98 Å². The Bertz CT molecular complexity index is 838. The van der Waals surface area contributed by atoms with Crippen molar-refractivity contribution in [3.05, 3.63) is 53.1 Å². The monoisotopic (exact) mass is 368 g/mol. The van der Waals surface area contributed by atoms with Crippen LogP contribution in [0.1, 0.15) is 53.2 Å². The molecule has 1 saturated heterocycles. The molecule has 1 aromatic heterocycles. The van der Waals surface area contributed by atoms with E-state index >= 15 is 0 Å². The highest BCUT2D eigenvalue weighted by Crippen LogP contribution is 2.52. The minimum atomic E-state index is -0.452. The fourth-order valence-corrected chi connectivity index (χ4v) is 4.89. The van der Waals surface area contributed by atoms with Gasteiger partial charge in [-0.15, -0.1) is 0 Å². The Labute approximate surface area is 160 Å². The molecular formula is C21H28N4O2. The molecule has 1 fully saturated rings. The molecular weight excluding hydrogens is 340 g/mol. The Morgan fingerprint density at radius 1 is 1.37 bits per heavy atom. The number of aryl methyl sites for hydroxylation is 1. The molecule has 1 amide bonds. The molecule has 2 heterocycles. The van der Waals surface area contributed by atoms with E-state index in [1.807, 2.05) is 11.8 Å². The number of piperidine rings is 1. The maximum absolute atomic E-state index is 12.7. The number of fused-ring (bicyclic) bond motifs is 2. The van der Waals surface area contributed by atoms with Gasteiger partial charge in [0.05, 0.1) is 18.3 Å². The van der Waals surface area contributed by atoms with Gasteiger partial charge in [0, 0.05) is 18.5 Å². The summed E-state index contributed by atoms with van der Waals surface area (Å²) < 4.78 is 0. The van der Waals surface area contributed by atoms with Crippen LogP contribution in [0.15, 0.2) is 30.5 Å². The molecule has 2 N–H and O–H groups in total. The first kappa shape index (κ1) is 18.2. The molecule has 0 unspecified atom stereocenters. The molecule has 6 nitrogen and oxygen atoms in total. The van der Waals surface area contributed by atoms with Gasteiger partial charge in [0.15, 0.2) is 0 Å². The summed E-state index contributed by atoms with van der Waals surface area (Å²) in [6, 6.07) is 8.45. The van der Waals surface area contributed by atoms with Gasteiger partial charge in [0.2, 0.25) is 0 Å². The first-order chi connectivity index (χ1) is 13.0. The van der Waals surface area contributed by atoms with Crippen LogP contribution in [0.25, 0.3) is 0 Å². The third-order valence-corrected chi connectivity index (χ3v) is 6.53. The summed E-state index contributed by atoms with van der Waals surface area (Å²) in [6.07, 6.45) is 2.70. The molecule has 1 aromatic carbocycles. The van der Waals surface area contributed by atoms with E-state index in [0.717, 1.165) is 25.2 Å². The number of aromatic amines is 1. The van der Waals surface area contributed by atoms with Gasteiger partial charge >= 0.3 is 0 Å². The van der Waals surface area contributed by atoms with Crippen LogP contribution >= 0.6 is 0 Å². The number of nitrogens with zero attached hydrogens (tertiary/aromatic N) is 3. The predicted octanol–water partition coefficient (Wildman–Crippen LogP) is 2.26. The SMILES string of the molecule is CCN(C)[C@H]1c2ccccc2C2(CCN(C(=O)c3cnc(C)[nH]3)CC2)[C@@H]1O. The number of hydrogen-bond donors (Lipinski definition) is 2. The van der Waals surface area contributed by atoms with Crippen molar-refractivity contribution in [2.24, 2.45) is 0 Å². The minimum Gasteiger partial charge on any atom is -0.390 e. The van der Waals surface area contributed by atoms with Crippen molar-refractivity contribution in [1.29, 1.82) is 0 Å². The molecule has 0 bridgehead atoms. The van der Waals surface area contributed by atoms with E-state index in [1.165, 1.54) is 11.1 Å². The first-order valence-electron chi connectivity index (χ1n) is 9.76. The maximum Gasteiger partial charge on any atom is 0.271 e. The number of likely N-dealkylation sites (tertiary alicyclic amines) is 1. The van der Waals surface area contributed by atoms with E-state index in [0.29, 0.717) is 18.8 Å². The van der Waals surface area contributed by atoms with E-state index in [2.05, 4.69) is 53.1 Å². The summed E-state index contributed by atoms with van der Waals surface area (Å²) in [6.45, 7) is 6.14. The number of nitrogens with one attached hydrogen (secondary N) is 1. The standard InChI is InChI=1S/C21H28N4O2/c1-4-24(3)18-15-7-5-6-8-16(15)21(19(18)26)9-11-25(12-10-21)20(27)17-13-22-14(2)23-17/h5-8,13,18-19,26H,4,9-12H2,1-3H3,(H,22,23)/t18-,19+/m0/s1. The van der Waals surface area contributed by atoms with E-state index < -0.39 is 6.10 Å². The van der Waals surface area contributed by atoms with Crippen LogP contribution in [-0.2, 0) is 5.41 Å². The van der Waals surface area contributed by atoms with Gasteiger partial charge in [-0.2, -0.15) is 0 Å². The van der Waals surface area contributed by atoms with E-state index in [4.69, 9.17) is 0 Å². The van der Waals surface area contributed by atoms with E-state index in [1.54, 1.807) is 6.20 Å². The topological polar surface area (TPSA) is 72.5 Å². The lowest BCUT2D eigenvalue weighted by Gasteiger charge is -2.43. The predicted molar refractivity (Wildman–Crippen MR) is 104 cm³/mol. The molecule has 0 radical (unpaired) electrons. The highest BCUT2D eigenvalue weighted by Gasteiger charge is 2.53. The summed E-state index contributed by atoms with van der Waals surface area (Å²) in [5.74, 6) is 0.742. The zero-order valence-electron chi connectivity index (χ0n) is 16.3. The number of amides is 1. The van der Waals surface area contributed by atoms with Gasteiger partial charge in [0.25, 0.3) is 5.91 Å². The van der Waals surface area contributed by atoms with E-state index in [9.17, 15) is 9.90 Å². The zero-order valence-corrected chi connectivity index (χ0v) is 16.3. The Morgan fingerprint density at radius 3 is 2.70 bits per heavy atom. The number of H-pyrrole nitrogens is 1. The van der Waals surface area contributed by atoms with Crippen LogP contribution in [0.3, 0.4) is 0 Å². The van der Waals surface area contributed by atoms with Crippen molar-refractivity contribution in [3.63, 3.8) is 0 Å². The van der Waals surface area contributed by atoms with Crippen LogP contribution in [0, 0.1) is 6.92 Å². The van der Waals surface area contributed by atoms with Gasteiger partial charge in [-0.1, -0.05) is 31.2 Å². The number of benzene rings is 1. The van der Waals surface area contributed by atoms with Gasteiger partial charge in [-0.05, 0) is 44.5 Å². The van der Waals surface area contributed by atoms with Crippen molar-refractivity contribution in [2.45, 2.75) is 44.2 Å². The van der Waals surface area contributed by atoms with Crippen LogP contribution in [-0.4, -0.2) is 63.6 Å². The Morgan fingerprint density at radius 2 is 2.07 bits per heavy atom. The van der Waals surface area contributed by atoms with Gasteiger partial charge in [0.1, 0.15) is 11.5 Å². The first-order valence-corrected chi connectivity index (χ1v) is 9.76. The molecule has 0 saturated carbocycles. The largest absolute Gasteiger partial charge is 0.390 e. The van der Waals surface area contributed by atoms with Crippen molar-refractivity contribution >= 4 is 5.91 Å². The molecule has 1 aliphatic carbocycles. The molecule has 4 rings (SSSR count). The maximum atomic E-state index is 12.7. The van der Waals surface area contributed by atoms with Crippen molar-refractivity contribution in [3.8, 4) is 0 Å². The molecule has 27 heavy (non-hydrogen) atoms. The number of carbonyl (C=O) groups is 1. The number of imidazole rings is 1. The second-order valence-corrected chi connectivity index (χ2v) is 7.88. The second kappa shape index (κ2) is 6.77. The highest BCUT2D eigenvalue weighted by molar-refractivity contribution is 5.92. The average Bonchev–Trinajstić information content (AvgIpc) is 3.22. The molecule has 1 aliphatic heterocycles. The Kier molecular flexibility index (Phi) is 4.56.